The van der Waals surface area contributed by atoms with Crippen molar-refractivity contribution in [3.05, 3.63) is 23.8 Å². The average Bonchev–Trinajstić information content (AvgIpc) is 2.93. The smallest absolute Gasteiger partial charge is 0.334 e. The quantitative estimate of drug-likeness (QED) is 0.545. The Balaban J connectivity index is 1.87. The highest BCUT2D eigenvalue weighted by atomic mass is 16.6. The molecule has 0 N–H and O–H groups in total. The molecule has 0 aromatic rings. The molecule has 0 unspecified atom stereocenters. The molecule has 0 amide bonds. The van der Waals surface area contributed by atoms with Crippen molar-refractivity contribution in [1.29, 1.82) is 0 Å². The van der Waals surface area contributed by atoms with Crippen LogP contribution in [0.2, 0.25) is 0 Å². The predicted molar refractivity (Wildman–Crippen MR) is 87.3 cm³/mol. The van der Waals surface area contributed by atoms with E-state index in [1.165, 1.54) is 0 Å². The van der Waals surface area contributed by atoms with Crippen LogP contribution in [0.25, 0.3) is 0 Å². The summed E-state index contributed by atoms with van der Waals surface area (Å²) in [7, 11) is 0. The largest absolute Gasteiger partial charge is 0.455 e. The Labute approximate surface area is 142 Å². The third-order valence-electron chi connectivity index (χ3n) is 5.22. The number of hydrogen-bond donors (Lipinski definition) is 0. The topological polar surface area (TPSA) is 69.7 Å². The standard InChI is InChI=1S/C19H24O5/c1-11(2)12-4-5-13-7-15(23-18(13)22)9-19(3)10-16(21)17(24-19)8-14(20)6-12/h7,12,15,17H,1,4-6,8-10H2,2-3H3/t12-,15-,17+,19+/m1/s1. The number of carbonyl (C=O) groups excluding carboxylic acids is 3. The summed E-state index contributed by atoms with van der Waals surface area (Å²) in [6.45, 7) is 7.72. The average molecular weight is 332 g/mol. The van der Waals surface area contributed by atoms with E-state index in [4.69, 9.17) is 9.47 Å². The van der Waals surface area contributed by atoms with Crippen molar-refractivity contribution in [2.75, 3.05) is 0 Å². The van der Waals surface area contributed by atoms with Crippen molar-refractivity contribution in [3.63, 3.8) is 0 Å². The second-order valence-electron chi connectivity index (χ2n) is 7.57. The summed E-state index contributed by atoms with van der Waals surface area (Å²) in [5.41, 5.74) is 0.897. The summed E-state index contributed by atoms with van der Waals surface area (Å²) in [5.74, 6) is -0.308. The monoisotopic (exact) mass is 332 g/mol. The summed E-state index contributed by atoms with van der Waals surface area (Å²) in [4.78, 5) is 36.7. The number of Topliss-reactive ketones (excluding diaryl/α,β-unsaturated/α-hetero) is 2. The Morgan fingerprint density at radius 1 is 1.29 bits per heavy atom. The van der Waals surface area contributed by atoms with Crippen LogP contribution < -0.4 is 0 Å². The highest BCUT2D eigenvalue weighted by molar-refractivity contribution is 5.92. The molecule has 0 saturated carbocycles. The summed E-state index contributed by atoms with van der Waals surface area (Å²) >= 11 is 0. The summed E-state index contributed by atoms with van der Waals surface area (Å²) in [5, 5.41) is 0. The summed E-state index contributed by atoms with van der Waals surface area (Å²) in [6.07, 6.45) is 3.26. The van der Waals surface area contributed by atoms with E-state index < -0.39 is 11.7 Å². The third-order valence-corrected chi connectivity index (χ3v) is 5.22. The zero-order valence-electron chi connectivity index (χ0n) is 14.3. The van der Waals surface area contributed by atoms with E-state index in [0.717, 1.165) is 5.57 Å². The van der Waals surface area contributed by atoms with Crippen LogP contribution in [0.1, 0.15) is 52.4 Å². The van der Waals surface area contributed by atoms with Crippen LogP contribution in [-0.2, 0) is 23.9 Å². The number of rotatable bonds is 1. The van der Waals surface area contributed by atoms with Gasteiger partial charge in [0, 0.05) is 31.3 Å². The maximum Gasteiger partial charge on any atom is 0.334 e. The molecule has 3 heterocycles. The van der Waals surface area contributed by atoms with E-state index in [2.05, 4.69) is 6.58 Å². The molecular formula is C19H24O5. The molecule has 0 aromatic heterocycles. The third kappa shape index (κ3) is 3.51. The second kappa shape index (κ2) is 6.28. The molecule has 1 fully saturated rings. The maximum atomic E-state index is 12.4. The number of carbonyl (C=O) groups is 3. The number of hydrogen-bond acceptors (Lipinski definition) is 5. The first-order valence-electron chi connectivity index (χ1n) is 8.55. The molecule has 130 valence electrons. The minimum Gasteiger partial charge on any atom is -0.455 e. The zero-order chi connectivity index (χ0) is 17.5. The molecule has 4 bridgehead atoms. The fraction of sp³-hybridized carbons (Fsp3) is 0.632. The van der Waals surface area contributed by atoms with Gasteiger partial charge >= 0.3 is 5.97 Å². The van der Waals surface area contributed by atoms with Crippen LogP contribution in [0.5, 0.6) is 0 Å². The first-order valence-corrected chi connectivity index (χ1v) is 8.55. The lowest BCUT2D eigenvalue weighted by molar-refractivity contribution is -0.143. The molecular weight excluding hydrogens is 308 g/mol. The lowest BCUT2D eigenvalue weighted by Gasteiger charge is -2.26. The Kier molecular flexibility index (Phi) is 4.47. The van der Waals surface area contributed by atoms with Gasteiger partial charge < -0.3 is 9.47 Å². The van der Waals surface area contributed by atoms with Crippen LogP contribution in [0.4, 0.5) is 0 Å². The molecule has 3 aliphatic heterocycles. The van der Waals surface area contributed by atoms with Gasteiger partial charge in [-0.3, -0.25) is 9.59 Å². The molecule has 1 saturated heterocycles. The summed E-state index contributed by atoms with van der Waals surface area (Å²) in [6, 6.07) is 0. The molecule has 0 spiro atoms. The van der Waals surface area contributed by atoms with E-state index >= 15 is 0 Å². The molecule has 0 aromatic carbocycles. The highest BCUT2D eigenvalue weighted by Gasteiger charge is 2.45. The van der Waals surface area contributed by atoms with Crippen molar-refractivity contribution in [2.24, 2.45) is 5.92 Å². The minimum atomic E-state index is -0.680. The number of fused-ring (bicyclic) bond motifs is 3. The second-order valence-corrected chi connectivity index (χ2v) is 7.57. The van der Waals surface area contributed by atoms with Crippen LogP contribution in [0, 0.1) is 5.92 Å². The van der Waals surface area contributed by atoms with Gasteiger partial charge in [0.05, 0.1) is 5.60 Å². The van der Waals surface area contributed by atoms with Gasteiger partial charge in [0.2, 0.25) is 0 Å². The van der Waals surface area contributed by atoms with Gasteiger partial charge in [0.25, 0.3) is 0 Å². The minimum absolute atomic E-state index is 0.00823. The van der Waals surface area contributed by atoms with Crippen LogP contribution in [0.3, 0.4) is 0 Å². The van der Waals surface area contributed by atoms with E-state index in [9.17, 15) is 14.4 Å². The molecule has 5 heteroatoms. The number of ketones is 2. The van der Waals surface area contributed by atoms with E-state index in [1.54, 1.807) is 0 Å². The van der Waals surface area contributed by atoms with Gasteiger partial charge in [-0.25, -0.2) is 4.79 Å². The van der Waals surface area contributed by atoms with Gasteiger partial charge in [0.1, 0.15) is 18.0 Å². The first-order chi connectivity index (χ1) is 11.3. The molecule has 5 nitrogen and oxygen atoms in total. The van der Waals surface area contributed by atoms with Crippen LogP contribution >= 0.6 is 0 Å². The van der Waals surface area contributed by atoms with E-state index in [1.807, 2.05) is 19.9 Å². The molecule has 0 aliphatic carbocycles. The Morgan fingerprint density at radius 2 is 2.04 bits per heavy atom. The van der Waals surface area contributed by atoms with Gasteiger partial charge in [-0.05, 0) is 38.7 Å². The number of esters is 1. The molecule has 4 atom stereocenters. The fourth-order valence-electron chi connectivity index (χ4n) is 3.88. The lowest BCUT2D eigenvalue weighted by Crippen LogP contribution is -2.31. The van der Waals surface area contributed by atoms with E-state index in [0.29, 0.717) is 31.3 Å². The molecule has 0 radical (unpaired) electrons. The van der Waals surface area contributed by atoms with Crippen molar-refractivity contribution in [1.82, 2.24) is 0 Å². The molecule has 24 heavy (non-hydrogen) atoms. The Hall–Kier alpha value is -1.75. The Bertz CT molecular complexity index is 632. The molecule has 3 rings (SSSR count). The lowest BCUT2D eigenvalue weighted by atomic mass is 9.87. The van der Waals surface area contributed by atoms with Crippen molar-refractivity contribution in [3.8, 4) is 0 Å². The van der Waals surface area contributed by atoms with Crippen molar-refractivity contribution < 1.29 is 23.9 Å². The number of ether oxygens (including phenoxy) is 2. The normalized spacial score (nSPS) is 37.2. The van der Waals surface area contributed by atoms with Gasteiger partial charge in [0.15, 0.2) is 5.78 Å². The van der Waals surface area contributed by atoms with Crippen LogP contribution in [-0.4, -0.2) is 35.3 Å². The SMILES string of the molecule is C=C(C)[C@@H]1CCC2=C[C@H](C[C@@]3(C)CC(=O)[C@H](CC(=O)C1)O3)OC2=O. The predicted octanol–water partition coefficient (Wildman–Crippen LogP) is 2.68. The van der Waals surface area contributed by atoms with E-state index in [-0.39, 0.29) is 42.4 Å². The number of allylic oxidation sites excluding steroid dienone is 1. The van der Waals surface area contributed by atoms with Crippen molar-refractivity contribution in [2.45, 2.75) is 70.2 Å². The molecule has 3 aliphatic rings. The van der Waals surface area contributed by atoms with Crippen LogP contribution in [0.15, 0.2) is 23.8 Å². The zero-order valence-corrected chi connectivity index (χ0v) is 14.3. The fourth-order valence-corrected chi connectivity index (χ4v) is 3.88. The maximum absolute atomic E-state index is 12.4. The van der Waals surface area contributed by atoms with Crippen molar-refractivity contribution >= 4 is 17.5 Å². The van der Waals surface area contributed by atoms with Gasteiger partial charge in [-0.15, -0.1) is 0 Å². The summed E-state index contributed by atoms with van der Waals surface area (Å²) < 4.78 is 11.3. The Morgan fingerprint density at radius 3 is 2.75 bits per heavy atom. The first kappa shape index (κ1) is 17.1. The highest BCUT2D eigenvalue weighted by Crippen LogP contribution is 2.37. The van der Waals surface area contributed by atoms with Gasteiger partial charge in [-0.2, -0.15) is 0 Å². The van der Waals surface area contributed by atoms with Gasteiger partial charge in [-0.1, -0.05) is 12.2 Å².